The number of hydrogen-bond acceptors (Lipinski definition) is 5. The van der Waals surface area contributed by atoms with E-state index in [9.17, 15) is 22.8 Å². The number of rotatable bonds is 7. The summed E-state index contributed by atoms with van der Waals surface area (Å²) in [7, 11) is 1.61. The quantitative estimate of drug-likeness (QED) is 0.340. The van der Waals surface area contributed by atoms with E-state index in [1.165, 1.54) is 16.7 Å². The van der Waals surface area contributed by atoms with E-state index in [0.29, 0.717) is 23.4 Å². The predicted octanol–water partition coefficient (Wildman–Crippen LogP) is 5.40. The van der Waals surface area contributed by atoms with E-state index in [-0.39, 0.29) is 29.0 Å². The maximum atomic E-state index is 13.1. The second kappa shape index (κ2) is 10.2. The van der Waals surface area contributed by atoms with Crippen LogP contribution in [-0.2, 0) is 25.7 Å². The van der Waals surface area contributed by atoms with Gasteiger partial charge in [-0.05, 0) is 48.4 Å². The van der Waals surface area contributed by atoms with Crippen LogP contribution in [0, 0.1) is 0 Å². The Morgan fingerprint density at radius 2 is 1.78 bits per heavy atom. The van der Waals surface area contributed by atoms with Gasteiger partial charge < -0.3 is 13.9 Å². The van der Waals surface area contributed by atoms with Gasteiger partial charge in [-0.1, -0.05) is 41.4 Å². The Hall–Kier alpha value is -3.50. The lowest BCUT2D eigenvalue weighted by Crippen LogP contribution is -2.29. The lowest BCUT2D eigenvalue weighted by Gasteiger charge is -2.24. The Bertz CT molecular complexity index is 1490. The van der Waals surface area contributed by atoms with Crippen molar-refractivity contribution in [2.75, 3.05) is 11.9 Å². The third-order valence-electron chi connectivity index (χ3n) is 5.57. The highest BCUT2D eigenvalue weighted by Crippen LogP contribution is 2.32. The minimum atomic E-state index is -4.48. The highest BCUT2D eigenvalue weighted by molar-refractivity contribution is 6.34. The molecule has 0 aliphatic heterocycles. The standard InChI is InChI=1S/C24H19Cl2F3N4O3/c1-32(17-4-2-3-16(11-17)24(27,28)29)13-20-18(25)12-19(26)22(34)33(20)10-9-14-5-7-15(8-6-14)21-30-31-23(35)36-21/h2-8,11-12H,9-10,13H2,1H3,(H,31,35). The monoisotopic (exact) mass is 538 g/mol. The molecule has 2 aromatic carbocycles. The topological polar surface area (TPSA) is 84.1 Å². The van der Waals surface area contributed by atoms with Gasteiger partial charge in [0, 0.05) is 24.8 Å². The summed E-state index contributed by atoms with van der Waals surface area (Å²) in [5.41, 5.74) is 0.976. The Labute approximate surface area is 212 Å². The molecular formula is C24H19Cl2F3N4O3. The summed E-state index contributed by atoms with van der Waals surface area (Å²) in [6, 6.07) is 13.3. The van der Waals surface area contributed by atoms with Crippen molar-refractivity contribution in [1.29, 1.82) is 0 Å². The van der Waals surface area contributed by atoms with Crippen molar-refractivity contribution in [2.24, 2.45) is 0 Å². The Morgan fingerprint density at radius 1 is 1.06 bits per heavy atom. The largest absolute Gasteiger partial charge is 0.434 e. The van der Waals surface area contributed by atoms with Crippen molar-refractivity contribution < 1.29 is 17.6 Å². The molecule has 7 nitrogen and oxygen atoms in total. The molecule has 0 saturated heterocycles. The summed E-state index contributed by atoms with van der Waals surface area (Å²) < 4.78 is 45.8. The lowest BCUT2D eigenvalue weighted by atomic mass is 10.1. The molecule has 4 rings (SSSR count). The molecule has 188 valence electrons. The minimum Gasteiger partial charge on any atom is -0.388 e. The lowest BCUT2D eigenvalue weighted by molar-refractivity contribution is -0.137. The van der Waals surface area contributed by atoms with Gasteiger partial charge in [-0.25, -0.2) is 9.89 Å². The van der Waals surface area contributed by atoms with Crippen molar-refractivity contribution in [2.45, 2.75) is 25.7 Å². The number of pyridine rings is 1. The number of aromatic amines is 1. The molecule has 12 heteroatoms. The zero-order chi connectivity index (χ0) is 26.0. The maximum absolute atomic E-state index is 13.1. The summed E-state index contributed by atoms with van der Waals surface area (Å²) in [5.74, 6) is -0.502. The van der Waals surface area contributed by atoms with Gasteiger partial charge in [-0.15, -0.1) is 5.10 Å². The zero-order valence-electron chi connectivity index (χ0n) is 18.8. The fraction of sp³-hybridized carbons (Fsp3) is 0.208. The van der Waals surface area contributed by atoms with E-state index in [0.717, 1.165) is 17.7 Å². The van der Waals surface area contributed by atoms with E-state index in [4.69, 9.17) is 27.6 Å². The zero-order valence-corrected chi connectivity index (χ0v) is 20.3. The molecule has 36 heavy (non-hydrogen) atoms. The highest BCUT2D eigenvalue weighted by Gasteiger charge is 2.30. The van der Waals surface area contributed by atoms with E-state index < -0.39 is 23.1 Å². The summed E-state index contributed by atoms with van der Waals surface area (Å²) in [4.78, 5) is 25.6. The summed E-state index contributed by atoms with van der Waals surface area (Å²) in [5, 5.41) is 6.13. The molecule has 0 spiro atoms. The molecule has 0 amide bonds. The first-order valence-corrected chi connectivity index (χ1v) is 11.4. The van der Waals surface area contributed by atoms with Gasteiger partial charge in [0.15, 0.2) is 0 Å². The van der Waals surface area contributed by atoms with Crippen LogP contribution in [0.5, 0.6) is 0 Å². The van der Waals surface area contributed by atoms with Crippen LogP contribution in [0.1, 0.15) is 16.8 Å². The minimum absolute atomic E-state index is 0.0608. The first-order valence-electron chi connectivity index (χ1n) is 10.6. The highest BCUT2D eigenvalue weighted by atomic mass is 35.5. The Kier molecular flexibility index (Phi) is 7.28. The number of nitrogens with zero attached hydrogens (tertiary/aromatic N) is 3. The van der Waals surface area contributed by atoms with Crippen molar-refractivity contribution in [3.8, 4) is 11.5 Å². The van der Waals surface area contributed by atoms with Crippen LogP contribution in [0.3, 0.4) is 0 Å². The van der Waals surface area contributed by atoms with Gasteiger partial charge in [0.25, 0.3) is 5.56 Å². The Balaban J connectivity index is 1.57. The van der Waals surface area contributed by atoms with Gasteiger partial charge in [0.2, 0.25) is 5.89 Å². The molecule has 0 fully saturated rings. The molecular weight excluding hydrogens is 520 g/mol. The van der Waals surface area contributed by atoms with E-state index in [2.05, 4.69) is 10.2 Å². The molecule has 2 heterocycles. The first-order chi connectivity index (χ1) is 17.0. The van der Waals surface area contributed by atoms with Crippen LogP contribution in [0.25, 0.3) is 11.5 Å². The van der Waals surface area contributed by atoms with Crippen LogP contribution < -0.4 is 16.2 Å². The molecule has 0 aliphatic carbocycles. The molecule has 0 unspecified atom stereocenters. The molecule has 4 aromatic rings. The number of alkyl halides is 3. The van der Waals surface area contributed by atoms with Crippen LogP contribution in [0.2, 0.25) is 10.0 Å². The number of aromatic nitrogens is 3. The maximum Gasteiger partial charge on any atom is 0.434 e. The molecule has 0 aliphatic rings. The van der Waals surface area contributed by atoms with Gasteiger partial charge in [-0.3, -0.25) is 4.79 Å². The van der Waals surface area contributed by atoms with Gasteiger partial charge in [0.1, 0.15) is 5.02 Å². The number of aryl methyl sites for hydroxylation is 1. The van der Waals surface area contributed by atoms with E-state index >= 15 is 0 Å². The van der Waals surface area contributed by atoms with Crippen LogP contribution in [0.4, 0.5) is 18.9 Å². The van der Waals surface area contributed by atoms with E-state index in [1.54, 1.807) is 42.3 Å². The molecule has 0 saturated carbocycles. The van der Waals surface area contributed by atoms with Gasteiger partial charge in [-0.2, -0.15) is 13.2 Å². The number of hydrogen-bond donors (Lipinski definition) is 1. The fourth-order valence-electron chi connectivity index (χ4n) is 3.68. The third kappa shape index (κ3) is 5.66. The number of H-pyrrole nitrogens is 1. The van der Waals surface area contributed by atoms with Crippen LogP contribution in [-0.4, -0.2) is 21.8 Å². The number of halogens is 5. The van der Waals surface area contributed by atoms with Crippen molar-refractivity contribution in [3.63, 3.8) is 0 Å². The summed E-state index contributed by atoms with van der Waals surface area (Å²) in [6.07, 6.45) is -4.05. The van der Waals surface area contributed by atoms with Gasteiger partial charge in [0.05, 0.1) is 22.8 Å². The SMILES string of the molecule is CN(Cc1c(Cl)cc(Cl)c(=O)n1CCc1ccc(-c2n[nH]c(=O)o2)cc1)c1cccc(C(F)(F)F)c1. The second-order valence-corrected chi connectivity index (χ2v) is 8.83. The number of nitrogens with one attached hydrogen (secondary N) is 1. The molecule has 0 radical (unpaired) electrons. The predicted molar refractivity (Wildman–Crippen MR) is 131 cm³/mol. The Morgan fingerprint density at radius 3 is 2.42 bits per heavy atom. The van der Waals surface area contributed by atoms with Crippen molar-refractivity contribution >= 4 is 28.9 Å². The summed E-state index contributed by atoms with van der Waals surface area (Å²) in [6.45, 7) is 0.297. The van der Waals surface area contributed by atoms with Gasteiger partial charge >= 0.3 is 11.9 Å². The normalized spacial score (nSPS) is 11.6. The third-order valence-corrected chi connectivity index (χ3v) is 6.17. The number of benzene rings is 2. The van der Waals surface area contributed by atoms with Crippen molar-refractivity contribution in [1.82, 2.24) is 14.8 Å². The van der Waals surface area contributed by atoms with E-state index in [1.807, 2.05) is 0 Å². The first kappa shape index (κ1) is 25.6. The number of anilines is 1. The van der Waals surface area contributed by atoms with Crippen LogP contribution in [0.15, 0.2) is 68.6 Å². The smallest absolute Gasteiger partial charge is 0.388 e. The average Bonchev–Trinajstić information content (AvgIpc) is 3.28. The second-order valence-electron chi connectivity index (χ2n) is 8.01. The van der Waals surface area contributed by atoms with Crippen LogP contribution >= 0.6 is 23.2 Å². The fourth-order valence-corrected chi connectivity index (χ4v) is 4.22. The molecule has 0 atom stereocenters. The molecule has 0 bridgehead atoms. The summed E-state index contributed by atoms with van der Waals surface area (Å²) >= 11 is 12.5. The molecule has 1 N–H and O–H groups in total. The molecule has 2 aromatic heterocycles. The van der Waals surface area contributed by atoms with Crippen molar-refractivity contribution in [3.05, 3.63) is 102 Å². The average molecular weight is 539 g/mol.